The van der Waals surface area contributed by atoms with Gasteiger partial charge in [-0.25, -0.2) is 5.43 Å². The molecular formula is C25H23ClN4O5. The van der Waals surface area contributed by atoms with Crippen LogP contribution in [0.2, 0.25) is 5.02 Å². The van der Waals surface area contributed by atoms with Crippen LogP contribution in [0, 0.1) is 0 Å². The number of carbonyl (C=O) groups is 3. The molecule has 3 rings (SSSR count). The van der Waals surface area contributed by atoms with E-state index in [2.05, 4.69) is 21.2 Å². The molecule has 0 heterocycles. The van der Waals surface area contributed by atoms with Crippen LogP contribution in [0.1, 0.15) is 11.1 Å². The second-order valence-corrected chi connectivity index (χ2v) is 7.56. The summed E-state index contributed by atoms with van der Waals surface area (Å²) in [4.78, 5) is 35.9. The van der Waals surface area contributed by atoms with E-state index in [1.165, 1.54) is 13.3 Å². The number of hydrogen-bond donors (Lipinski definition) is 3. The number of ether oxygens (including phenoxy) is 2. The average Bonchev–Trinajstić information content (AvgIpc) is 2.88. The molecule has 0 fully saturated rings. The SMILES string of the molecule is COc1cc(/C=N\NC(=O)C(=O)NCc2ccccc2)ccc1OCC(=O)Nc1ccc(Cl)cc1. The number of rotatable bonds is 9. The first-order chi connectivity index (χ1) is 16.9. The molecule has 3 aromatic rings. The number of halogens is 1. The van der Waals surface area contributed by atoms with E-state index < -0.39 is 11.8 Å². The molecule has 10 heteroatoms. The minimum absolute atomic E-state index is 0.229. The van der Waals surface area contributed by atoms with Crippen molar-refractivity contribution in [3.05, 3.63) is 88.9 Å². The van der Waals surface area contributed by atoms with E-state index >= 15 is 0 Å². The third-order valence-electron chi connectivity index (χ3n) is 4.56. The van der Waals surface area contributed by atoms with Gasteiger partial charge in [0.25, 0.3) is 5.91 Å². The van der Waals surface area contributed by atoms with Crippen molar-refractivity contribution < 1.29 is 23.9 Å². The molecule has 0 saturated heterocycles. The quantitative estimate of drug-likeness (QED) is 0.240. The minimum atomic E-state index is -0.893. The van der Waals surface area contributed by atoms with Gasteiger partial charge in [-0.3, -0.25) is 14.4 Å². The van der Waals surface area contributed by atoms with Crippen LogP contribution in [-0.4, -0.2) is 37.7 Å². The Hall–Kier alpha value is -4.37. The molecule has 0 aromatic heterocycles. The van der Waals surface area contributed by atoms with Gasteiger partial charge >= 0.3 is 11.8 Å². The van der Waals surface area contributed by atoms with E-state index in [0.717, 1.165) is 5.56 Å². The fourth-order valence-corrected chi connectivity index (χ4v) is 2.96. The second-order valence-electron chi connectivity index (χ2n) is 7.12. The topological polar surface area (TPSA) is 118 Å². The van der Waals surface area contributed by atoms with Gasteiger partial charge < -0.3 is 20.1 Å². The van der Waals surface area contributed by atoms with Crippen LogP contribution in [0.4, 0.5) is 5.69 Å². The van der Waals surface area contributed by atoms with Crippen LogP contribution < -0.4 is 25.5 Å². The molecule has 9 nitrogen and oxygen atoms in total. The predicted octanol–water partition coefficient (Wildman–Crippen LogP) is 3.13. The lowest BCUT2D eigenvalue weighted by atomic mass is 10.2. The summed E-state index contributed by atoms with van der Waals surface area (Å²) < 4.78 is 10.9. The van der Waals surface area contributed by atoms with Crippen LogP contribution in [0.5, 0.6) is 11.5 Å². The van der Waals surface area contributed by atoms with Gasteiger partial charge in [-0.05, 0) is 53.6 Å². The number of hydrazone groups is 1. The van der Waals surface area contributed by atoms with Gasteiger partial charge in [-0.15, -0.1) is 0 Å². The summed E-state index contributed by atoms with van der Waals surface area (Å²) >= 11 is 5.83. The summed E-state index contributed by atoms with van der Waals surface area (Å²) in [5, 5.41) is 9.57. The van der Waals surface area contributed by atoms with Crippen molar-refractivity contribution in [2.45, 2.75) is 6.54 Å². The zero-order valence-electron chi connectivity index (χ0n) is 18.8. The fraction of sp³-hybridized carbons (Fsp3) is 0.120. The van der Waals surface area contributed by atoms with E-state index in [4.69, 9.17) is 21.1 Å². The molecule has 3 aromatic carbocycles. The normalized spacial score (nSPS) is 10.5. The number of amides is 3. The standard InChI is InChI=1S/C25H23ClN4O5/c1-34-22-13-18(15-28-30-25(33)24(32)27-14-17-5-3-2-4-6-17)7-12-21(22)35-16-23(31)29-20-10-8-19(26)9-11-20/h2-13,15H,14,16H2,1H3,(H,27,32)(H,29,31)(H,30,33)/b28-15-. The van der Waals surface area contributed by atoms with E-state index in [1.54, 1.807) is 42.5 Å². The molecule has 0 saturated carbocycles. The van der Waals surface area contributed by atoms with Gasteiger partial charge in [0, 0.05) is 17.3 Å². The van der Waals surface area contributed by atoms with E-state index in [1.807, 2.05) is 30.3 Å². The summed E-state index contributed by atoms with van der Waals surface area (Å²) in [6, 6.07) is 20.8. The van der Waals surface area contributed by atoms with E-state index in [-0.39, 0.29) is 19.1 Å². The van der Waals surface area contributed by atoms with Gasteiger partial charge in [0.1, 0.15) is 0 Å². The monoisotopic (exact) mass is 494 g/mol. The molecule has 180 valence electrons. The lowest BCUT2D eigenvalue weighted by Gasteiger charge is -2.11. The largest absolute Gasteiger partial charge is 0.493 e. The maximum atomic E-state index is 12.1. The molecule has 3 N–H and O–H groups in total. The van der Waals surface area contributed by atoms with Crippen LogP contribution in [0.25, 0.3) is 0 Å². The molecule has 0 bridgehead atoms. The number of nitrogens with one attached hydrogen (secondary N) is 3. The van der Waals surface area contributed by atoms with Crippen molar-refractivity contribution in [2.75, 3.05) is 19.0 Å². The van der Waals surface area contributed by atoms with Crippen molar-refractivity contribution in [1.29, 1.82) is 0 Å². The molecule has 0 aliphatic heterocycles. The Morgan fingerprint density at radius 2 is 1.69 bits per heavy atom. The molecule has 35 heavy (non-hydrogen) atoms. The van der Waals surface area contributed by atoms with Crippen LogP contribution in [0.3, 0.4) is 0 Å². The summed E-state index contributed by atoms with van der Waals surface area (Å²) in [5.41, 5.74) is 4.21. The van der Waals surface area contributed by atoms with Crippen molar-refractivity contribution in [3.63, 3.8) is 0 Å². The molecule has 3 amide bonds. The number of nitrogens with zero attached hydrogens (tertiary/aromatic N) is 1. The molecule has 0 atom stereocenters. The van der Waals surface area contributed by atoms with E-state index in [9.17, 15) is 14.4 Å². The fourth-order valence-electron chi connectivity index (χ4n) is 2.83. The molecule has 0 aliphatic rings. The predicted molar refractivity (Wildman–Crippen MR) is 133 cm³/mol. The van der Waals surface area contributed by atoms with Gasteiger partial charge in [0.15, 0.2) is 18.1 Å². The molecule has 0 radical (unpaired) electrons. The van der Waals surface area contributed by atoms with E-state index in [0.29, 0.717) is 27.8 Å². The number of anilines is 1. The number of carbonyl (C=O) groups excluding carboxylic acids is 3. The van der Waals surface area contributed by atoms with Gasteiger partial charge in [0.05, 0.1) is 13.3 Å². The van der Waals surface area contributed by atoms with Crippen molar-refractivity contribution >= 4 is 41.2 Å². The average molecular weight is 495 g/mol. The molecule has 0 unspecified atom stereocenters. The Bertz CT molecular complexity index is 1200. The Morgan fingerprint density at radius 3 is 2.40 bits per heavy atom. The zero-order chi connectivity index (χ0) is 25.0. The minimum Gasteiger partial charge on any atom is -0.493 e. The number of methoxy groups -OCH3 is 1. The summed E-state index contributed by atoms with van der Waals surface area (Å²) in [6.45, 7) is -0.00619. The maximum Gasteiger partial charge on any atom is 0.329 e. The van der Waals surface area contributed by atoms with Gasteiger partial charge in [0.2, 0.25) is 0 Å². The highest BCUT2D eigenvalue weighted by Crippen LogP contribution is 2.27. The molecular weight excluding hydrogens is 472 g/mol. The van der Waals surface area contributed by atoms with Crippen molar-refractivity contribution in [2.24, 2.45) is 5.10 Å². The van der Waals surface area contributed by atoms with Crippen molar-refractivity contribution in [3.8, 4) is 11.5 Å². The first-order valence-corrected chi connectivity index (χ1v) is 10.8. The second kappa shape index (κ2) is 12.8. The highest BCUT2D eigenvalue weighted by molar-refractivity contribution is 6.35. The lowest BCUT2D eigenvalue weighted by molar-refractivity contribution is -0.139. The lowest BCUT2D eigenvalue weighted by Crippen LogP contribution is -2.37. The summed E-state index contributed by atoms with van der Waals surface area (Å²) in [5.74, 6) is -1.34. The number of hydrogen-bond acceptors (Lipinski definition) is 6. The highest BCUT2D eigenvalue weighted by atomic mass is 35.5. The summed E-state index contributed by atoms with van der Waals surface area (Å²) in [7, 11) is 1.45. The summed E-state index contributed by atoms with van der Waals surface area (Å²) in [6.07, 6.45) is 1.35. The Balaban J connectivity index is 1.48. The number of benzene rings is 3. The zero-order valence-corrected chi connectivity index (χ0v) is 19.5. The first-order valence-electron chi connectivity index (χ1n) is 10.5. The Labute approximate surface area is 207 Å². The first kappa shape index (κ1) is 25.3. The Kier molecular flexibility index (Phi) is 9.21. The third kappa shape index (κ3) is 8.17. The van der Waals surface area contributed by atoms with Crippen LogP contribution in [0.15, 0.2) is 77.9 Å². The van der Waals surface area contributed by atoms with Crippen molar-refractivity contribution in [1.82, 2.24) is 10.7 Å². The Morgan fingerprint density at radius 1 is 0.943 bits per heavy atom. The van der Waals surface area contributed by atoms with Crippen LogP contribution >= 0.6 is 11.6 Å². The smallest absolute Gasteiger partial charge is 0.329 e. The van der Waals surface area contributed by atoms with Gasteiger partial charge in [-0.1, -0.05) is 41.9 Å². The third-order valence-corrected chi connectivity index (χ3v) is 4.81. The highest BCUT2D eigenvalue weighted by Gasteiger charge is 2.12. The molecule has 0 aliphatic carbocycles. The van der Waals surface area contributed by atoms with Gasteiger partial charge in [-0.2, -0.15) is 5.10 Å². The maximum absolute atomic E-state index is 12.1. The molecule has 0 spiro atoms. The van der Waals surface area contributed by atoms with Crippen LogP contribution in [-0.2, 0) is 20.9 Å².